The Labute approximate surface area is 235 Å². The molecule has 1 saturated heterocycles. The van der Waals surface area contributed by atoms with E-state index in [0.29, 0.717) is 42.2 Å². The van der Waals surface area contributed by atoms with E-state index < -0.39 is 35.8 Å². The zero-order valence-electron chi connectivity index (χ0n) is 23.1. The molecule has 1 aliphatic rings. The fourth-order valence-corrected chi connectivity index (χ4v) is 5.97. The van der Waals surface area contributed by atoms with E-state index in [9.17, 15) is 19.2 Å². The van der Waals surface area contributed by atoms with Crippen LogP contribution in [0.2, 0.25) is 0 Å². The van der Waals surface area contributed by atoms with E-state index in [2.05, 4.69) is 0 Å². The molecule has 216 valence electrons. The smallest absolute Gasteiger partial charge is 0.348 e. The van der Waals surface area contributed by atoms with Crippen molar-refractivity contribution in [1.29, 1.82) is 0 Å². The summed E-state index contributed by atoms with van der Waals surface area (Å²) < 4.78 is 25.6. The van der Waals surface area contributed by atoms with E-state index in [1.807, 2.05) is 38.1 Å². The van der Waals surface area contributed by atoms with Gasteiger partial charge in [-0.2, -0.15) is 0 Å². The van der Waals surface area contributed by atoms with Gasteiger partial charge in [0.25, 0.3) is 5.56 Å². The molecule has 3 heterocycles. The number of primary amides is 1. The molecular formula is C28H35N3O8S. The van der Waals surface area contributed by atoms with Crippen LogP contribution in [0.4, 0.5) is 0 Å². The van der Waals surface area contributed by atoms with Gasteiger partial charge in [-0.3, -0.25) is 18.7 Å². The molecular weight excluding hydrogens is 538 g/mol. The van der Waals surface area contributed by atoms with Crippen LogP contribution in [0.25, 0.3) is 10.2 Å². The third kappa shape index (κ3) is 6.29. The second kappa shape index (κ2) is 12.8. The Kier molecular flexibility index (Phi) is 9.44. The lowest BCUT2D eigenvalue weighted by Gasteiger charge is -2.30. The summed E-state index contributed by atoms with van der Waals surface area (Å²) in [5.74, 6) is -0.820. The maximum Gasteiger partial charge on any atom is 0.348 e. The highest BCUT2D eigenvalue weighted by Gasteiger charge is 2.29. The molecule has 1 amide bonds. The Bertz CT molecular complexity index is 1500. The number of hydrogen-bond donors (Lipinski definition) is 1. The molecule has 0 saturated carbocycles. The minimum Gasteiger partial charge on any atom is -0.491 e. The van der Waals surface area contributed by atoms with E-state index >= 15 is 0 Å². The van der Waals surface area contributed by atoms with Crippen molar-refractivity contribution in [2.24, 2.45) is 5.73 Å². The first kappa shape index (κ1) is 29.5. The van der Waals surface area contributed by atoms with Crippen LogP contribution in [0.15, 0.2) is 33.9 Å². The lowest BCUT2D eigenvalue weighted by atomic mass is 10.1. The number of nitrogens with two attached hydrogens (primary N) is 1. The number of aryl methyl sites for hydroxylation is 1. The monoisotopic (exact) mass is 573 g/mol. The molecule has 0 radical (unpaired) electrons. The first-order valence-electron chi connectivity index (χ1n) is 13.3. The molecule has 0 unspecified atom stereocenters. The molecule has 0 aliphatic carbocycles. The highest BCUT2D eigenvalue weighted by Crippen LogP contribution is 2.34. The fraction of sp³-hybridized carbons (Fsp3) is 0.500. The molecule has 4 rings (SSSR count). The number of rotatable bonds is 11. The van der Waals surface area contributed by atoms with Gasteiger partial charge in [-0.05, 0) is 52.2 Å². The third-order valence-corrected chi connectivity index (χ3v) is 7.87. The molecule has 0 bridgehead atoms. The summed E-state index contributed by atoms with van der Waals surface area (Å²) in [6.07, 6.45) is 0.463. The van der Waals surface area contributed by atoms with Crippen LogP contribution in [-0.4, -0.2) is 53.0 Å². The first-order chi connectivity index (χ1) is 19.1. The zero-order valence-corrected chi connectivity index (χ0v) is 24.0. The van der Waals surface area contributed by atoms with Crippen LogP contribution in [0.5, 0.6) is 5.75 Å². The van der Waals surface area contributed by atoms with Gasteiger partial charge in [-0.15, -0.1) is 11.3 Å². The summed E-state index contributed by atoms with van der Waals surface area (Å²) in [6, 6.07) is 7.45. The number of carbonyl (C=O) groups is 2. The van der Waals surface area contributed by atoms with Crippen molar-refractivity contribution in [3.63, 3.8) is 0 Å². The zero-order chi connectivity index (χ0) is 29.0. The maximum absolute atomic E-state index is 13.8. The van der Waals surface area contributed by atoms with Gasteiger partial charge in [0.2, 0.25) is 5.91 Å². The quantitative estimate of drug-likeness (QED) is 0.345. The number of esters is 1. The number of fused-ring (bicyclic) bond motifs is 1. The van der Waals surface area contributed by atoms with Crippen LogP contribution in [0.1, 0.15) is 60.5 Å². The minimum atomic E-state index is -0.839. The normalized spacial score (nSPS) is 14.9. The van der Waals surface area contributed by atoms with Crippen molar-refractivity contribution in [3.05, 3.63) is 61.1 Å². The standard InChI is InChI=1S/C28H35N3O8S/c1-5-37-27(34)24-17(4)23-25(33)30(15-22(29)32)28(35)31(26(23)40-24)14-21(39-18-10-12-36-13-11-18)19-8-6-7-9-20(19)38-16(2)3/h6-9,16,18,21H,5,10-15H2,1-4H3,(H2,29,32)/t21-/m0/s1. The Morgan fingerprint density at radius 2 is 1.85 bits per heavy atom. The van der Waals surface area contributed by atoms with Crippen molar-refractivity contribution in [1.82, 2.24) is 9.13 Å². The number of amides is 1. The topological polar surface area (TPSA) is 141 Å². The average molecular weight is 574 g/mol. The van der Waals surface area contributed by atoms with Crippen molar-refractivity contribution in [2.45, 2.75) is 71.9 Å². The molecule has 1 aliphatic heterocycles. The Balaban J connectivity index is 1.92. The van der Waals surface area contributed by atoms with Crippen LogP contribution in [0.3, 0.4) is 0 Å². The number of hydrogen-bond acceptors (Lipinski definition) is 9. The molecule has 2 N–H and O–H groups in total. The van der Waals surface area contributed by atoms with Crippen LogP contribution >= 0.6 is 11.3 Å². The number of para-hydroxylation sites is 1. The van der Waals surface area contributed by atoms with Crippen LogP contribution in [-0.2, 0) is 32.1 Å². The molecule has 0 spiro atoms. The highest BCUT2D eigenvalue weighted by molar-refractivity contribution is 7.20. The van der Waals surface area contributed by atoms with Gasteiger partial charge >= 0.3 is 11.7 Å². The number of carbonyl (C=O) groups excluding carboxylic acids is 2. The molecule has 40 heavy (non-hydrogen) atoms. The lowest BCUT2D eigenvalue weighted by Crippen LogP contribution is -2.43. The van der Waals surface area contributed by atoms with Crippen molar-refractivity contribution in [3.8, 4) is 5.75 Å². The van der Waals surface area contributed by atoms with Gasteiger partial charge in [0.1, 0.15) is 28.1 Å². The number of benzene rings is 1. The highest BCUT2D eigenvalue weighted by atomic mass is 32.1. The van der Waals surface area contributed by atoms with Gasteiger partial charge in [0.15, 0.2) is 0 Å². The molecule has 2 aromatic heterocycles. The summed E-state index contributed by atoms with van der Waals surface area (Å²) in [6.45, 7) is 7.81. The van der Waals surface area contributed by atoms with Crippen LogP contribution < -0.4 is 21.7 Å². The molecule has 1 aromatic carbocycles. The van der Waals surface area contributed by atoms with Gasteiger partial charge < -0.3 is 24.7 Å². The van der Waals surface area contributed by atoms with Crippen molar-refractivity contribution in [2.75, 3.05) is 19.8 Å². The number of nitrogens with zero attached hydrogens (tertiary/aromatic N) is 2. The third-order valence-electron chi connectivity index (χ3n) is 6.57. The second-order valence-electron chi connectivity index (χ2n) is 9.85. The predicted octanol–water partition coefficient (Wildman–Crippen LogP) is 2.92. The summed E-state index contributed by atoms with van der Waals surface area (Å²) in [5, 5.41) is 0.158. The summed E-state index contributed by atoms with van der Waals surface area (Å²) >= 11 is 1.00. The Hall–Kier alpha value is -3.48. The maximum atomic E-state index is 13.8. The SMILES string of the molecule is CCOC(=O)c1sc2c(c1C)c(=O)n(CC(N)=O)c(=O)n2C[C@H](OC1CCOCC1)c1ccccc1OC(C)C. The summed E-state index contributed by atoms with van der Waals surface area (Å²) in [4.78, 5) is 52.3. The largest absolute Gasteiger partial charge is 0.491 e. The van der Waals surface area contributed by atoms with Crippen LogP contribution in [0, 0.1) is 6.92 Å². The van der Waals surface area contributed by atoms with E-state index in [1.54, 1.807) is 13.8 Å². The van der Waals surface area contributed by atoms with Crippen molar-refractivity contribution < 1.29 is 28.5 Å². The predicted molar refractivity (Wildman–Crippen MR) is 150 cm³/mol. The summed E-state index contributed by atoms with van der Waals surface area (Å²) in [5.41, 5.74) is 5.09. The lowest BCUT2D eigenvalue weighted by molar-refractivity contribution is -0.118. The average Bonchev–Trinajstić information content (AvgIpc) is 3.26. The minimum absolute atomic E-state index is 0.00752. The molecule has 1 atom stereocenters. The van der Waals surface area contributed by atoms with E-state index in [4.69, 9.17) is 24.7 Å². The Morgan fingerprint density at radius 3 is 2.50 bits per heavy atom. The fourth-order valence-electron chi connectivity index (χ4n) is 4.77. The van der Waals surface area contributed by atoms with E-state index in [-0.39, 0.29) is 35.6 Å². The van der Waals surface area contributed by atoms with Crippen molar-refractivity contribution >= 4 is 33.4 Å². The summed E-state index contributed by atoms with van der Waals surface area (Å²) in [7, 11) is 0. The number of ether oxygens (including phenoxy) is 4. The Morgan fingerprint density at radius 1 is 1.15 bits per heavy atom. The van der Waals surface area contributed by atoms with Gasteiger partial charge in [0.05, 0.1) is 30.7 Å². The van der Waals surface area contributed by atoms with Gasteiger partial charge in [-0.1, -0.05) is 18.2 Å². The number of thiophene rings is 1. The second-order valence-corrected chi connectivity index (χ2v) is 10.8. The molecule has 3 aromatic rings. The molecule has 12 heteroatoms. The number of aromatic nitrogens is 2. The molecule has 11 nitrogen and oxygen atoms in total. The first-order valence-corrected chi connectivity index (χ1v) is 14.1. The van der Waals surface area contributed by atoms with Gasteiger partial charge in [-0.25, -0.2) is 9.59 Å². The van der Waals surface area contributed by atoms with E-state index in [0.717, 1.165) is 21.5 Å². The van der Waals surface area contributed by atoms with E-state index in [1.165, 1.54) is 4.57 Å². The molecule has 1 fully saturated rings. The van der Waals surface area contributed by atoms with Gasteiger partial charge in [0, 0.05) is 18.8 Å².